The number of benzene rings is 2. The molecular formula is C24H26BrN3O. The number of likely N-dealkylation sites (N-methyl/N-ethyl adjacent to an activating group) is 1. The summed E-state index contributed by atoms with van der Waals surface area (Å²) in [4.78, 5) is 22.7. The first-order valence-electron chi connectivity index (χ1n) is 10.1. The standard InChI is InChI=1S/C24H26BrN3O/c1-16(2)21-20-22(18-9-11-19(25)12-10-18)28(15-17-7-5-4-6-8-17)24(29)23(20)27(3)14-13-26-21/h4-12,16,22H,13-15H2,1-3H3. The van der Waals surface area contributed by atoms with E-state index >= 15 is 0 Å². The van der Waals surface area contributed by atoms with Crippen molar-refractivity contribution in [3.05, 3.63) is 81.5 Å². The number of rotatable bonds is 4. The number of amides is 1. The molecule has 2 heterocycles. The van der Waals surface area contributed by atoms with Gasteiger partial charge in [-0.2, -0.15) is 0 Å². The number of carbonyl (C=O) groups excluding carboxylic acids is 1. The van der Waals surface area contributed by atoms with Crippen molar-refractivity contribution in [3.63, 3.8) is 0 Å². The molecule has 1 amide bonds. The molecule has 1 atom stereocenters. The fraction of sp³-hybridized carbons (Fsp3) is 0.333. The Kier molecular flexibility index (Phi) is 5.59. The minimum Gasteiger partial charge on any atom is -0.368 e. The van der Waals surface area contributed by atoms with Crippen LogP contribution >= 0.6 is 15.9 Å². The Labute approximate surface area is 181 Å². The molecule has 0 spiro atoms. The first-order chi connectivity index (χ1) is 14.0. The van der Waals surface area contributed by atoms with E-state index in [0.717, 1.165) is 45.7 Å². The van der Waals surface area contributed by atoms with Crippen LogP contribution in [-0.4, -0.2) is 41.6 Å². The van der Waals surface area contributed by atoms with Crippen LogP contribution in [0, 0.1) is 5.92 Å². The maximum absolute atomic E-state index is 13.7. The van der Waals surface area contributed by atoms with E-state index in [-0.39, 0.29) is 17.9 Å². The van der Waals surface area contributed by atoms with E-state index in [2.05, 4.69) is 58.9 Å². The molecule has 4 nitrogen and oxygen atoms in total. The lowest BCUT2D eigenvalue weighted by Gasteiger charge is -2.29. The van der Waals surface area contributed by atoms with Crippen molar-refractivity contribution < 1.29 is 4.79 Å². The predicted molar refractivity (Wildman–Crippen MR) is 121 cm³/mol. The molecule has 0 N–H and O–H groups in total. The zero-order valence-electron chi connectivity index (χ0n) is 17.1. The van der Waals surface area contributed by atoms with Gasteiger partial charge in [0.2, 0.25) is 0 Å². The molecule has 0 saturated heterocycles. The molecule has 0 aromatic heterocycles. The highest BCUT2D eigenvalue weighted by molar-refractivity contribution is 9.10. The first-order valence-corrected chi connectivity index (χ1v) is 10.9. The van der Waals surface area contributed by atoms with E-state index in [0.29, 0.717) is 6.54 Å². The molecule has 2 aromatic carbocycles. The van der Waals surface area contributed by atoms with Crippen LogP contribution in [0.5, 0.6) is 0 Å². The summed E-state index contributed by atoms with van der Waals surface area (Å²) >= 11 is 3.54. The topological polar surface area (TPSA) is 35.9 Å². The number of halogens is 1. The van der Waals surface area contributed by atoms with E-state index in [9.17, 15) is 4.79 Å². The third-order valence-corrected chi connectivity index (χ3v) is 6.14. The van der Waals surface area contributed by atoms with Gasteiger partial charge in [0, 0.05) is 35.9 Å². The van der Waals surface area contributed by atoms with Gasteiger partial charge in [-0.25, -0.2) is 0 Å². The Morgan fingerprint density at radius 3 is 2.45 bits per heavy atom. The summed E-state index contributed by atoms with van der Waals surface area (Å²) in [5.74, 6) is 0.350. The molecule has 2 aliphatic heterocycles. The number of carbonyl (C=O) groups is 1. The summed E-state index contributed by atoms with van der Waals surface area (Å²) in [6, 6.07) is 18.4. The Balaban J connectivity index is 1.87. The van der Waals surface area contributed by atoms with Gasteiger partial charge in [0.1, 0.15) is 5.70 Å². The highest BCUT2D eigenvalue weighted by Gasteiger charge is 2.44. The summed E-state index contributed by atoms with van der Waals surface area (Å²) in [6.45, 7) is 6.38. The SMILES string of the molecule is CC(C)C1=NCCN(C)C2=C1C(c1ccc(Br)cc1)N(Cc1ccccc1)C2=O. The van der Waals surface area contributed by atoms with Gasteiger partial charge in [-0.1, -0.05) is 72.2 Å². The number of hydrogen-bond donors (Lipinski definition) is 0. The van der Waals surface area contributed by atoms with Gasteiger partial charge < -0.3 is 9.80 Å². The maximum Gasteiger partial charge on any atom is 0.271 e. The average molecular weight is 452 g/mol. The lowest BCUT2D eigenvalue weighted by atomic mass is 9.90. The van der Waals surface area contributed by atoms with Crippen molar-refractivity contribution in [1.82, 2.24) is 9.80 Å². The summed E-state index contributed by atoms with van der Waals surface area (Å²) < 4.78 is 1.03. The van der Waals surface area contributed by atoms with Gasteiger partial charge in [-0.3, -0.25) is 9.79 Å². The van der Waals surface area contributed by atoms with Crippen molar-refractivity contribution in [2.45, 2.75) is 26.4 Å². The number of nitrogens with zero attached hydrogens (tertiary/aromatic N) is 3. The lowest BCUT2D eigenvalue weighted by Crippen LogP contribution is -2.34. The second-order valence-corrected chi connectivity index (χ2v) is 8.89. The zero-order valence-corrected chi connectivity index (χ0v) is 18.7. The number of hydrogen-bond acceptors (Lipinski definition) is 3. The molecule has 0 fully saturated rings. The van der Waals surface area contributed by atoms with Crippen molar-refractivity contribution in [3.8, 4) is 0 Å². The van der Waals surface area contributed by atoms with Crippen molar-refractivity contribution in [1.29, 1.82) is 0 Å². The molecule has 29 heavy (non-hydrogen) atoms. The molecule has 0 saturated carbocycles. The Morgan fingerprint density at radius 2 is 1.79 bits per heavy atom. The molecule has 0 aliphatic carbocycles. The predicted octanol–water partition coefficient (Wildman–Crippen LogP) is 4.83. The monoisotopic (exact) mass is 451 g/mol. The third-order valence-electron chi connectivity index (χ3n) is 5.61. The van der Waals surface area contributed by atoms with E-state index in [1.54, 1.807) is 0 Å². The molecule has 5 heteroatoms. The smallest absolute Gasteiger partial charge is 0.271 e. The van der Waals surface area contributed by atoms with Crippen molar-refractivity contribution >= 4 is 27.5 Å². The number of aliphatic imine (C=N–C) groups is 1. The van der Waals surface area contributed by atoms with Crippen molar-refractivity contribution in [2.75, 3.05) is 20.1 Å². The van der Waals surface area contributed by atoms with Crippen molar-refractivity contribution in [2.24, 2.45) is 10.9 Å². The normalized spacial score (nSPS) is 19.6. The largest absolute Gasteiger partial charge is 0.368 e. The Bertz CT molecular complexity index is 963. The van der Waals surface area contributed by atoms with E-state index in [1.165, 1.54) is 0 Å². The Morgan fingerprint density at radius 1 is 1.10 bits per heavy atom. The van der Waals surface area contributed by atoms with Crippen LogP contribution in [0.15, 0.2) is 75.3 Å². The maximum atomic E-state index is 13.7. The lowest BCUT2D eigenvalue weighted by molar-refractivity contribution is -0.129. The van der Waals surface area contributed by atoms with Crippen LogP contribution in [0.4, 0.5) is 0 Å². The summed E-state index contributed by atoms with van der Waals surface area (Å²) in [5.41, 5.74) is 5.18. The summed E-state index contributed by atoms with van der Waals surface area (Å²) in [7, 11) is 2.01. The minimum absolute atomic E-state index is 0.0921. The fourth-order valence-corrected chi connectivity index (χ4v) is 4.49. The van der Waals surface area contributed by atoms with Crippen LogP contribution < -0.4 is 0 Å². The molecule has 1 unspecified atom stereocenters. The molecule has 2 aromatic rings. The first kappa shape index (κ1) is 19.9. The quantitative estimate of drug-likeness (QED) is 0.667. The average Bonchev–Trinajstić information content (AvgIpc) is 2.86. The summed E-state index contributed by atoms with van der Waals surface area (Å²) in [5, 5.41) is 0. The second-order valence-electron chi connectivity index (χ2n) is 7.98. The van der Waals surface area contributed by atoms with Gasteiger partial charge in [0.05, 0.1) is 12.6 Å². The molecule has 0 radical (unpaired) electrons. The zero-order chi connectivity index (χ0) is 20.5. The molecule has 4 rings (SSSR count). The van der Waals surface area contributed by atoms with Gasteiger partial charge in [0.15, 0.2) is 0 Å². The minimum atomic E-state index is -0.132. The molecular weight excluding hydrogens is 426 g/mol. The third kappa shape index (κ3) is 3.76. The van der Waals surface area contributed by atoms with Crippen LogP contribution in [0.25, 0.3) is 0 Å². The highest BCUT2D eigenvalue weighted by Crippen LogP contribution is 2.42. The van der Waals surface area contributed by atoms with Gasteiger partial charge in [-0.05, 0) is 29.2 Å². The van der Waals surface area contributed by atoms with E-state index < -0.39 is 0 Å². The van der Waals surface area contributed by atoms with Crippen LogP contribution in [-0.2, 0) is 11.3 Å². The summed E-state index contributed by atoms with van der Waals surface area (Å²) in [6.07, 6.45) is 0. The highest BCUT2D eigenvalue weighted by atomic mass is 79.9. The molecule has 0 bridgehead atoms. The van der Waals surface area contributed by atoms with E-state index in [1.807, 2.05) is 42.3 Å². The Hall–Kier alpha value is -2.40. The van der Waals surface area contributed by atoms with Crippen LogP contribution in [0.1, 0.15) is 31.0 Å². The molecule has 150 valence electrons. The fourth-order valence-electron chi connectivity index (χ4n) is 4.23. The van der Waals surface area contributed by atoms with E-state index in [4.69, 9.17) is 4.99 Å². The van der Waals surface area contributed by atoms with Gasteiger partial charge in [0.25, 0.3) is 5.91 Å². The second kappa shape index (κ2) is 8.15. The van der Waals surface area contributed by atoms with Gasteiger partial charge >= 0.3 is 0 Å². The van der Waals surface area contributed by atoms with Crippen LogP contribution in [0.3, 0.4) is 0 Å². The molecule has 2 aliphatic rings. The van der Waals surface area contributed by atoms with Crippen LogP contribution in [0.2, 0.25) is 0 Å². The van der Waals surface area contributed by atoms with Gasteiger partial charge in [-0.15, -0.1) is 0 Å².